The van der Waals surface area contributed by atoms with E-state index in [1.807, 2.05) is 45.0 Å². The minimum atomic E-state index is -0.467. The number of alkyl halides is 1. The molecule has 0 aromatic heterocycles. The van der Waals surface area contributed by atoms with Crippen molar-refractivity contribution in [1.82, 2.24) is 4.90 Å². The molecule has 150 valence electrons. The summed E-state index contributed by atoms with van der Waals surface area (Å²) in [6.07, 6.45) is 1.15. The Morgan fingerprint density at radius 3 is 2.33 bits per heavy atom. The van der Waals surface area contributed by atoms with Gasteiger partial charge in [0.15, 0.2) is 0 Å². The first-order valence-corrected chi connectivity index (χ1v) is 10.3. The predicted octanol–water partition coefficient (Wildman–Crippen LogP) is 5.34. The quantitative estimate of drug-likeness (QED) is 0.641. The number of ether oxygens (including phenoxy) is 2. The fraction of sp³-hybridized carbons (Fsp3) is 0.600. The molecule has 0 saturated carbocycles. The Balaban J connectivity index is 1.87. The van der Waals surface area contributed by atoms with Crippen molar-refractivity contribution in [2.45, 2.75) is 51.0 Å². The largest absolute Gasteiger partial charge is 0.450 e. The van der Waals surface area contributed by atoms with Gasteiger partial charge in [0.2, 0.25) is 0 Å². The molecule has 0 bridgehead atoms. The van der Waals surface area contributed by atoms with E-state index in [1.165, 1.54) is 0 Å². The number of hydrogen-bond donors (Lipinski definition) is 1. The molecule has 1 aromatic rings. The maximum Gasteiger partial charge on any atom is 0.411 e. The highest BCUT2D eigenvalue weighted by Gasteiger charge is 2.30. The number of carbonyl (C=O) groups is 2. The standard InChI is InChI=1S/C20H29BrN2O4/c1-5-26-18(24)22-16-8-6-14(7-9-16)17(21)15-10-12-23(13-11-15)19(25)27-20(2,3)4/h6-9,15,17H,5,10-13H2,1-4H3,(H,22,24). The molecule has 27 heavy (non-hydrogen) atoms. The zero-order chi connectivity index (χ0) is 20.0. The van der Waals surface area contributed by atoms with E-state index in [2.05, 4.69) is 21.2 Å². The molecular formula is C20H29BrN2O4. The molecule has 0 aliphatic carbocycles. The van der Waals surface area contributed by atoms with E-state index >= 15 is 0 Å². The van der Waals surface area contributed by atoms with Crippen LogP contribution in [-0.4, -0.2) is 42.4 Å². The van der Waals surface area contributed by atoms with Crippen molar-refractivity contribution in [3.8, 4) is 0 Å². The van der Waals surface area contributed by atoms with E-state index in [-0.39, 0.29) is 10.9 Å². The first-order valence-electron chi connectivity index (χ1n) is 9.35. The number of carbonyl (C=O) groups excluding carboxylic acids is 2. The molecule has 1 N–H and O–H groups in total. The SMILES string of the molecule is CCOC(=O)Nc1ccc(C(Br)C2CCN(C(=O)OC(C)(C)C)CC2)cc1. The molecule has 1 heterocycles. The van der Waals surface area contributed by atoms with E-state index in [4.69, 9.17) is 9.47 Å². The maximum absolute atomic E-state index is 12.2. The second-order valence-corrected chi connectivity index (χ2v) is 8.66. The lowest BCUT2D eigenvalue weighted by molar-refractivity contribution is 0.0183. The first-order chi connectivity index (χ1) is 12.7. The molecule has 6 nitrogen and oxygen atoms in total. The van der Waals surface area contributed by atoms with Gasteiger partial charge in [-0.2, -0.15) is 0 Å². The minimum absolute atomic E-state index is 0.204. The maximum atomic E-state index is 12.2. The van der Waals surface area contributed by atoms with Crippen LogP contribution in [0.25, 0.3) is 0 Å². The minimum Gasteiger partial charge on any atom is -0.450 e. The number of benzene rings is 1. The average Bonchev–Trinajstić information content (AvgIpc) is 2.60. The van der Waals surface area contributed by atoms with E-state index in [1.54, 1.807) is 11.8 Å². The van der Waals surface area contributed by atoms with Crippen LogP contribution in [0.5, 0.6) is 0 Å². The molecule has 1 unspecified atom stereocenters. The molecule has 1 aromatic carbocycles. The highest BCUT2D eigenvalue weighted by Crippen LogP contribution is 2.38. The van der Waals surface area contributed by atoms with Gasteiger partial charge in [0.25, 0.3) is 0 Å². The summed E-state index contributed by atoms with van der Waals surface area (Å²) in [4.78, 5) is 25.6. The summed E-state index contributed by atoms with van der Waals surface area (Å²) in [5, 5.41) is 2.69. The van der Waals surface area contributed by atoms with Crippen LogP contribution in [0.4, 0.5) is 15.3 Å². The summed E-state index contributed by atoms with van der Waals surface area (Å²) in [5.41, 5.74) is 1.39. The lowest BCUT2D eigenvalue weighted by Crippen LogP contribution is -2.42. The second kappa shape index (κ2) is 9.44. The van der Waals surface area contributed by atoms with Crippen molar-refractivity contribution < 1.29 is 19.1 Å². The van der Waals surface area contributed by atoms with Gasteiger partial charge in [0.1, 0.15) is 5.60 Å². The molecule has 0 radical (unpaired) electrons. The van der Waals surface area contributed by atoms with E-state index < -0.39 is 11.7 Å². The predicted molar refractivity (Wildman–Crippen MR) is 109 cm³/mol. The highest BCUT2D eigenvalue weighted by atomic mass is 79.9. The zero-order valence-electron chi connectivity index (χ0n) is 16.5. The van der Waals surface area contributed by atoms with Crippen molar-refractivity contribution in [1.29, 1.82) is 0 Å². The fourth-order valence-electron chi connectivity index (χ4n) is 3.01. The normalized spacial score (nSPS) is 16.6. The molecule has 1 aliphatic rings. The molecule has 1 saturated heterocycles. The van der Waals surface area contributed by atoms with Crippen LogP contribution < -0.4 is 5.32 Å². The Labute approximate surface area is 169 Å². The Morgan fingerprint density at radius 2 is 1.81 bits per heavy atom. The third kappa shape index (κ3) is 6.72. The van der Waals surface area contributed by atoms with Gasteiger partial charge in [-0.25, -0.2) is 9.59 Å². The van der Waals surface area contributed by atoms with Crippen LogP contribution in [0.3, 0.4) is 0 Å². The monoisotopic (exact) mass is 440 g/mol. The molecule has 7 heteroatoms. The molecular weight excluding hydrogens is 412 g/mol. The van der Waals surface area contributed by atoms with Gasteiger partial charge in [0, 0.05) is 23.6 Å². The fourth-order valence-corrected chi connectivity index (χ4v) is 3.84. The Hall–Kier alpha value is -1.76. The van der Waals surface area contributed by atoms with Crippen molar-refractivity contribution in [2.75, 3.05) is 25.0 Å². The first kappa shape index (κ1) is 21.5. The highest BCUT2D eigenvalue weighted by molar-refractivity contribution is 9.09. The molecule has 1 aliphatic heterocycles. The van der Waals surface area contributed by atoms with Crippen LogP contribution in [0.2, 0.25) is 0 Å². The third-order valence-corrected chi connectivity index (χ3v) is 5.63. The van der Waals surface area contributed by atoms with Gasteiger partial charge >= 0.3 is 12.2 Å². The number of halogens is 1. The van der Waals surface area contributed by atoms with Crippen molar-refractivity contribution in [3.05, 3.63) is 29.8 Å². The number of likely N-dealkylation sites (tertiary alicyclic amines) is 1. The summed E-state index contributed by atoms with van der Waals surface area (Å²) in [6, 6.07) is 7.75. The van der Waals surface area contributed by atoms with Crippen molar-refractivity contribution in [2.24, 2.45) is 5.92 Å². The number of amides is 2. The number of nitrogens with one attached hydrogen (secondary N) is 1. The van der Waals surface area contributed by atoms with Gasteiger partial charge in [-0.05, 0) is 64.2 Å². The number of nitrogens with zero attached hydrogens (tertiary/aromatic N) is 1. The number of rotatable bonds is 4. The number of hydrogen-bond acceptors (Lipinski definition) is 4. The molecule has 1 fully saturated rings. The summed E-state index contributed by atoms with van der Waals surface area (Å²) >= 11 is 3.81. The zero-order valence-corrected chi connectivity index (χ0v) is 18.0. The average molecular weight is 441 g/mol. The van der Waals surface area contributed by atoms with E-state index in [0.29, 0.717) is 31.3 Å². The van der Waals surface area contributed by atoms with Crippen molar-refractivity contribution in [3.63, 3.8) is 0 Å². The van der Waals surface area contributed by atoms with Crippen LogP contribution in [0.15, 0.2) is 24.3 Å². The molecule has 1 atom stereocenters. The Bertz CT molecular complexity index is 634. The molecule has 2 amide bonds. The summed E-state index contributed by atoms with van der Waals surface area (Å²) in [7, 11) is 0. The van der Waals surface area contributed by atoms with Crippen LogP contribution >= 0.6 is 15.9 Å². The van der Waals surface area contributed by atoms with Crippen LogP contribution in [0.1, 0.15) is 50.9 Å². The third-order valence-electron chi connectivity index (χ3n) is 4.36. The van der Waals surface area contributed by atoms with Gasteiger partial charge in [0.05, 0.1) is 6.61 Å². The van der Waals surface area contributed by atoms with Crippen LogP contribution in [-0.2, 0) is 9.47 Å². The molecule has 2 rings (SSSR count). The smallest absolute Gasteiger partial charge is 0.411 e. The lowest BCUT2D eigenvalue weighted by atomic mass is 9.90. The molecule has 0 spiro atoms. The van der Waals surface area contributed by atoms with E-state index in [9.17, 15) is 9.59 Å². The van der Waals surface area contributed by atoms with Gasteiger partial charge in [-0.3, -0.25) is 5.32 Å². The number of anilines is 1. The lowest BCUT2D eigenvalue weighted by Gasteiger charge is -2.35. The Kier molecular flexibility index (Phi) is 7.53. The summed E-state index contributed by atoms with van der Waals surface area (Å²) in [5.74, 6) is 0.438. The van der Waals surface area contributed by atoms with Gasteiger partial charge in [-0.1, -0.05) is 28.1 Å². The second-order valence-electron chi connectivity index (χ2n) is 7.67. The van der Waals surface area contributed by atoms with Crippen LogP contribution in [0, 0.1) is 5.92 Å². The van der Waals surface area contributed by atoms with Gasteiger partial charge < -0.3 is 14.4 Å². The van der Waals surface area contributed by atoms with Gasteiger partial charge in [-0.15, -0.1) is 0 Å². The Morgan fingerprint density at radius 1 is 1.22 bits per heavy atom. The number of piperidine rings is 1. The van der Waals surface area contributed by atoms with Crippen molar-refractivity contribution >= 4 is 33.8 Å². The topological polar surface area (TPSA) is 67.9 Å². The van der Waals surface area contributed by atoms with E-state index in [0.717, 1.165) is 18.4 Å². The summed E-state index contributed by atoms with van der Waals surface area (Å²) in [6.45, 7) is 9.15. The summed E-state index contributed by atoms with van der Waals surface area (Å²) < 4.78 is 10.3.